The molecule has 1 unspecified atom stereocenters. The largest absolute Gasteiger partial charge is 0.261 e. The van der Waals surface area contributed by atoms with Gasteiger partial charge in [-0.2, -0.15) is 0 Å². The van der Waals surface area contributed by atoms with Gasteiger partial charge in [-0.25, -0.2) is 13.8 Å². The molecule has 1 aliphatic heterocycles. The fraction of sp³-hybridized carbons (Fsp3) is 0.480. The average Bonchev–Trinajstić information content (AvgIpc) is 3.50. The second-order valence-electron chi connectivity index (χ2n) is 8.21. The van der Waals surface area contributed by atoms with Crippen LogP contribution < -0.4 is 0 Å². The maximum absolute atomic E-state index is 12.9. The Morgan fingerprint density at radius 2 is 1.81 bits per heavy atom. The predicted molar refractivity (Wildman–Crippen MR) is 128 cm³/mol. The number of aryl methyl sites for hydroxylation is 1. The topological polar surface area (TPSA) is 37.6 Å². The molecule has 31 heavy (non-hydrogen) atoms. The van der Waals surface area contributed by atoms with E-state index in [-0.39, 0.29) is 0 Å². The van der Waals surface area contributed by atoms with Crippen molar-refractivity contribution in [3.63, 3.8) is 0 Å². The molecule has 0 bridgehead atoms. The number of aromatic nitrogens is 1. The highest BCUT2D eigenvalue weighted by Crippen LogP contribution is 2.33. The highest BCUT2D eigenvalue weighted by atomic mass is 35.5. The summed E-state index contributed by atoms with van der Waals surface area (Å²) in [5.41, 5.74) is 4.45. The van der Waals surface area contributed by atoms with Gasteiger partial charge >= 0.3 is 0 Å². The number of rotatable bonds is 3. The van der Waals surface area contributed by atoms with Crippen molar-refractivity contribution >= 4 is 34.9 Å². The molecule has 1 atom stereocenters. The Labute approximate surface area is 189 Å². The van der Waals surface area contributed by atoms with Crippen molar-refractivity contribution in [2.75, 3.05) is 0 Å². The van der Waals surface area contributed by atoms with Crippen LogP contribution >= 0.6 is 11.6 Å². The van der Waals surface area contributed by atoms with E-state index in [4.69, 9.17) is 11.6 Å². The maximum Gasteiger partial charge on any atom is 0.160 e. The summed E-state index contributed by atoms with van der Waals surface area (Å²) in [5, 5.41) is 0.556. The fourth-order valence-corrected chi connectivity index (χ4v) is 3.32. The standard InChI is InChI=1S/C11H13F2N.C10H11ClN2.C4H8/c1-3-5-8-6-9(12)10(13)7-11(8)14-4-2;1-6-5-7(2)12-8-3-4-9(11)13-10(6)8;1-4-2-3-4/h4,6-7H,3,5H2,1-2H3;3-4,6H,5H2,1-2H3;4H,2-3H2,1H3. The first-order chi connectivity index (χ1) is 14.7. The van der Waals surface area contributed by atoms with Crippen molar-refractivity contribution in [3.8, 4) is 0 Å². The third kappa shape index (κ3) is 8.13. The van der Waals surface area contributed by atoms with Crippen molar-refractivity contribution in [3.05, 3.63) is 52.3 Å². The van der Waals surface area contributed by atoms with Crippen molar-refractivity contribution in [1.29, 1.82) is 0 Å². The minimum atomic E-state index is -0.842. The third-order valence-electron chi connectivity index (χ3n) is 5.02. The first kappa shape index (κ1) is 25.1. The van der Waals surface area contributed by atoms with Crippen LogP contribution in [0.5, 0.6) is 0 Å². The van der Waals surface area contributed by atoms with Crippen LogP contribution in [0.25, 0.3) is 0 Å². The lowest BCUT2D eigenvalue weighted by Gasteiger charge is -2.18. The number of aliphatic imine (C=N–C) groups is 2. The highest BCUT2D eigenvalue weighted by molar-refractivity contribution is 6.29. The zero-order chi connectivity index (χ0) is 23.0. The van der Waals surface area contributed by atoms with Crippen molar-refractivity contribution in [2.45, 2.75) is 72.6 Å². The highest BCUT2D eigenvalue weighted by Gasteiger charge is 2.18. The smallest absolute Gasteiger partial charge is 0.160 e. The molecule has 2 aliphatic rings. The molecule has 1 aromatic carbocycles. The van der Waals surface area contributed by atoms with Gasteiger partial charge in [0.05, 0.1) is 17.1 Å². The molecule has 4 rings (SSSR count). The Hall–Kier alpha value is -2.14. The van der Waals surface area contributed by atoms with Gasteiger partial charge in [-0.3, -0.25) is 9.98 Å². The number of fused-ring (bicyclic) bond motifs is 1. The number of hydrogen-bond donors (Lipinski definition) is 0. The van der Waals surface area contributed by atoms with E-state index >= 15 is 0 Å². The second kappa shape index (κ2) is 12.0. The number of benzene rings is 1. The number of nitrogens with zero attached hydrogens (tertiary/aromatic N) is 3. The monoisotopic (exact) mass is 447 g/mol. The van der Waals surface area contributed by atoms with E-state index in [1.807, 2.05) is 19.9 Å². The molecule has 0 amide bonds. The Kier molecular flexibility index (Phi) is 9.76. The van der Waals surface area contributed by atoms with Gasteiger partial charge in [-0.05, 0) is 56.4 Å². The van der Waals surface area contributed by atoms with Gasteiger partial charge in [-0.1, -0.05) is 51.6 Å². The minimum absolute atomic E-state index is 0.436. The summed E-state index contributed by atoms with van der Waals surface area (Å²) < 4.78 is 25.8. The summed E-state index contributed by atoms with van der Waals surface area (Å²) in [5.74, 6) is -0.125. The molecule has 0 radical (unpaired) electrons. The molecule has 1 fully saturated rings. The van der Waals surface area contributed by atoms with E-state index in [0.29, 0.717) is 23.2 Å². The second-order valence-corrected chi connectivity index (χ2v) is 8.59. The molecule has 3 nitrogen and oxygen atoms in total. The molecular weight excluding hydrogens is 416 g/mol. The molecule has 2 aromatic rings. The van der Waals surface area contributed by atoms with Crippen LogP contribution in [0.4, 0.5) is 20.2 Å². The molecule has 1 saturated carbocycles. The van der Waals surface area contributed by atoms with Gasteiger partial charge in [0.25, 0.3) is 0 Å². The van der Waals surface area contributed by atoms with Crippen LogP contribution in [0.2, 0.25) is 5.15 Å². The molecular formula is C25H32ClF2N3. The lowest BCUT2D eigenvalue weighted by molar-refractivity contribution is 0.507. The molecule has 0 saturated heterocycles. The first-order valence-electron chi connectivity index (χ1n) is 10.9. The van der Waals surface area contributed by atoms with E-state index < -0.39 is 11.6 Å². The lowest BCUT2D eigenvalue weighted by Crippen LogP contribution is -2.08. The zero-order valence-electron chi connectivity index (χ0n) is 19.1. The molecule has 1 aliphatic carbocycles. The van der Waals surface area contributed by atoms with Crippen LogP contribution in [0.3, 0.4) is 0 Å². The summed E-state index contributed by atoms with van der Waals surface area (Å²) >= 11 is 5.82. The SMILES string of the molecule is CC1=Nc2ccc(Cl)nc2C(C)C1.CC1CC1.CC=Nc1cc(F)c(F)cc1CCC. The Bertz CT molecular complexity index is 937. The van der Waals surface area contributed by atoms with E-state index in [1.54, 1.807) is 19.2 Å². The Morgan fingerprint density at radius 1 is 1.16 bits per heavy atom. The molecule has 168 valence electrons. The number of pyridine rings is 1. The molecule has 0 N–H and O–H groups in total. The van der Waals surface area contributed by atoms with Gasteiger partial charge in [-0.15, -0.1) is 0 Å². The van der Waals surface area contributed by atoms with Crippen molar-refractivity contribution in [1.82, 2.24) is 4.98 Å². The Balaban J connectivity index is 0.000000187. The van der Waals surface area contributed by atoms with Crippen LogP contribution in [0.1, 0.15) is 77.5 Å². The summed E-state index contributed by atoms with van der Waals surface area (Å²) in [6.45, 7) is 10.2. The zero-order valence-corrected chi connectivity index (χ0v) is 19.8. The van der Waals surface area contributed by atoms with Gasteiger partial charge < -0.3 is 0 Å². The van der Waals surface area contributed by atoms with E-state index in [1.165, 1.54) is 24.6 Å². The van der Waals surface area contributed by atoms with Crippen LogP contribution in [-0.2, 0) is 6.42 Å². The molecule has 6 heteroatoms. The fourth-order valence-electron chi connectivity index (χ4n) is 3.16. The summed E-state index contributed by atoms with van der Waals surface area (Å²) in [6, 6.07) is 6.08. The van der Waals surface area contributed by atoms with Crippen molar-refractivity contribution < 1.29 is 8.78 Å². The third-order valence-corrected chi connectivity index (χ3v) is 5.23. The van der Waals surface area contributed by atoms with E-state index in [9.17, 15) is 8.78 Å². The normalized spacial score (nSPS) is 17.2. The van der Waals surface area contributed by atoms with Gasteiger partial charge in [0.15, 0.2) is 11.6 Å². The summed E-state index contributed by atoms with van der Waals surface area (Å²) in [7, 11) is 0. The van der Waals surface area contributed by atoms with Crippen LogP contribution in [-0.4, -0.2) is 16.9 Å². The summed E-state index contributed by atoms with van der Waals surface area (Å²) in [4.78, 5) is 12.7. The van der Waals surface area contributed by atoms with Gasteiger partial charge in [0.2, 0.25) is 0 Å². The minimum Gasteiger partial charge on any atom is -0.261 e. The molecule has 2 heterocycles. The van der Waals surface area contributed by atoms with Gasteiger partial charge in [0, 0.05) is 23.9 Å². The van der Waals surface area contributed by atoms with Crippen LogP contribution in [0, 0.1) is 17.6 Å². The first-order valence-corrected chi connectivity index (χ1v) is 11.3. The quantitative estimate of drug-likeness (QED) is 0.343. The predicted octanol–water partition coefficient (Wildman–Crippen LogP) is 8.39. The molecule has 1 aromatic heterocycles. The summed E-state index contributed by atoms with van der Waals surface area (Å²) in [6.07, 6.45) is 7.13. The van der Waals surface area contributed by atoms with E-state index in [0.717, 1.165) is 41.8 Å². The average molecular weight is 448 g/mol. The van der Waals surface area contributed by atoms with Crippen molar-refractivity contribution in [2.24, 2.45) is 15.9 Å². The lowest BCUT2D eigenvalue weighted by atomic mass is 9.96. The maximum atomic E-state index is 12.9. The number of halogens is 3. The van der Waals surface area contributed by atoms with Crippen LogP contribution in [0.15, 0.2) is 34.3 Å². The molecule has 0 spiro atoms. The van der Waals surface area contributed by atoms with E-state index in [2.05, 4.69) is 28.8 Å². The Morgan fingerprint density at radius 3 is 2.39 bits per heavy atom. The number of hydrogen-bond acceptors (Lipinski definition) is 3. The van der Waals surface area contributed by atoms with Gasteiger partial charge in [0.1, 0.15) is 5.15 Å².